The number of nitro groups is 1. The molecule has 2 aromatic heterocycles. The molecule has 1 saturated heterocycles. The Hall–Kier alpha value is -3.18. The van der Waals surface area contributed by atoms with Gasteiger partial charge in [-0.1, -0.05) is 0 Å². The largest absolute Gasteiger partial charge is 0.417 e. The van der Waals surface area contributed by atoms with E-state index in [1.807, 2.05) is 4.90 Å². The molecule has 9 nitrogen and oxygen atoms in total. The summed E-state index contributed by atoms with van der Waals surface area (Å²) in [6, 6.07) is 2.32. The monoisotopic (exact) mass is 426 g/mol. The molecule has 2 aromatic rings. The van der Waals surface area contributed by atoms with Crippen LogP contribution in [0.4, 0.5) is 24.7 Å². The lowest BCUT2D eigenvalue weighted by Crippen LogP contribution is -2.37. The van der Waals surface area contributed by atoms with Crippen LogP contribution in [0, 0.1) is 24.0 Å². The fourth-order valence-corrected chi connectivity index (χ4v) is 3.47. The molecule has 0 saturated carbocycles. The van der Waals surface area contributed by atoms with Gasteiger partial charge in [-0.15, -0.1) is 0 Å². The standard InChI is InChI=1S/C18H21F3N6O3/c1-12-17(27(29)30)13(2)26(23-12)11-16(28)25-7-3-6-24(8-9-25)15-5-4-14(10-22-15)18(19,20)21/h4-5,10H,3,6-9,11H2,1-2H3. The normalized spacial score (nSPS) is 15.2. The third-order valence-corrected chi connectivity index (χ3v) is 5.06. The summed E-state index contributed by atoms with van der Waals surface area (Å²) >= 11 is 0. The molecule has 162 valence electrons. The molecule has 0 unspecified atom stereocenters. The molecule has 0 radical (unpaired) electrons. The number of hydrogen-bond acceptors (Lipinski definition) is 6. The van der Waals surface area contributed by atoms with Gasteiger partial charge in [0.1, 0.15) is 23.8 Å². The van der Waals surface area contributed by atoms with E-state index in [1.54, 1.807) is 11.8 Å². The number of nitrogens with zero attached hydrogens (tertiary/aromatic N) is 6. The maximum Gasteiger partial charge on any atom is 0.417 e. The zero-order chi connectivity index (χ0) is 22.1. The first-order chi connectivity index (χ1) is 14.1. The van der Waals surface area contributed by atoms with E-state index in [9.17, 15) is 28.1 Å². The number of anilines is 1. The first-order valence-corrected chi connectivity index (χ1v) is 9.32. The maximum absolute atomic E-state index is 12.7. The summed E-state index contributed by atoms with van der Waals surface area (Å²) in [7, 11) is 0. The van der Waals surface area contributed by atoms with E-state index in [4.69, 9.17) is 0 Å². The third kappa shape index (κ3) is 4.52. The van der Waals surface area contributed by atoms with E-state index in [0.29, 0.717) is 44.1 Å². The highest BCUT2D eigenvalue weighted by Gasteiger charge is 2.31. The van der Waals surface area contributed by atoms with E-state index < -0.39 is 16.7 Å². The molecule has 0 N–H and O–H groups in total. The quantitative estimate of drug-likeness (QED) is 0.551. The molecular formula is C18H21F3N6O3. The van der Waals surface area contributed by atoms with E-state index in [2.05, 4.69) is 10.1 Å². The van der Waals surface area contributed by atoms with E-state index in [0.717, 1.165) is 12.3 Å². The molecule has 0 atom stereocenters. The van der Waals surface area contributed by atoms with Crippen LogP contribution >= 0.6 is 0 Å². The Morgan fingerprint density at radius 1 is 1.20 bits per heavy atom. The number of carbonyl (C=O) groups is 1. The number of aryl methyl sites for hydroxylation is 1. The second kappa shape index (κ2) is 8.28. The lowest BCUT2D eigenvalue weighted by atomic mass is 10.2. The Labute approximate surface area is 170 Å². The molecule has 1 aliphatic heterocycles. The summed E-state index contributed by atoms with van der Waals surface area (Å²) in [6.45, 7) is 4.76. The number of alkyl halides is 3. The van der Waals surface area contributed by atoms with Crippen molar-refractivity contribution in [2.24, 2.45) is 0 Å². The van der Waals surface area contributed by atoms with Crippen molar-refractivity contribution in [2.45, 2.75) is 33.0 Å². The molecule has 1 fully saturated rings. The Bertz CT molecular complexity index is 942. The maximum atomic E-state index is 12.7. The Morgan fingerprint density at radius 2 is 1.93 bits per heavy atom. The highest BCUT2D eigenvalue weighted by molar-refractivity contribution is 5.76. The predicted molar refractivity (Wildman–Crippen MR) is 101 cm³/mol. The number of amides is 1. The van der Waals surface area contributed by atoms with Crippen LogP contribution in [0.15, 0.2) is 18.3 Å². The molecule has 0 spiro atoms. The number of halogens is 3. The van der Waals surface area contributed by atoms with Gasteiger partial charge in [0, 0.05) is 32.4 Å². The van der Waals surface area contributed by atoms with Crippen molar-refractivity contribution in [2.75, 3.05) is 31.1 Å². The van der Waals surface area contributed by atoms with Crippen molar-refractivity contribution in [3.05, 3.63) is 45.4 Å². The van der Waals surface area contributed by atoms with Crippen LogP contribution in [0.5, 0.6) is 0 Å². The summed E-state index contributed by atoms with van der Waals surface area (Å²) in [5.41, 5.74) is -0.341. The summed E-state index contributed by atoms with van der Waals surface area (Å²) in [5.74, 6) is 0.198. The lowest BCUT2D eigenvalue weighted by Gasteiger charge is -2.23. The molecule has 0 aliphatic carbocycles. The number of rotatable bonds is 4. The van der Waals surface area contributed by atoms with Gasteiger partial charge in [-0.25, -0.2) is 4.98 Å². The molecule has 3 heterocycles. The van der Waals surface area contributed by atoms with Crippen molar-refractivity contribution in [1.29, 1.82) is 0 Å². The van der Waals surface area contributed by atoms with Gasteiger partial charge in [-0.05, 0) is 32.4 Å². The summed E-state index contributed by atoms with van der Waals surface area (Å²) in [4.78, 5) is 30.7. The average molecular weight is 426 g/mol. The minimum atomic E-state index is -4.44. The molecule has 1 aliphatic rings. The highest BCUT2D eigenvalue weighted by Crippen LogP contribution is 2.29. The zero-order valence-electron chi connectivity index (χ0n) is 16.5. The van der Waals surface area contributed by atoms with E-state index >= 15 is 0 Å². The smallest absolute Gasteiger partial charge is 0.355 e. The van der Waals surface area contributed by atoms with Gasteiger partial charge in [0.2, 0.25) is 5.91 Å². The van der Waals surface area contributed by atoms with Crippen LogP contribution in [-0.2, 0) is 17.5 Å². The van der Waals surface area contributed by atoms with E-state index in [1.165, 1.54) is 17.7 Å². The Kier molecular flexibility index (Phi) is 5.94. The predicted octanol–water partition coefficient (Wildman–Crippen LogP) is 2.56. The van der Waals surface area contributed by atoms with Gasteiger partial charge < -0.3 is 9.80 Å². The third-order valence-electron chi connectivity index (χ3n) is 5.06. The number of carbonyl (C=O) groups excluding carboxylic acids is 1. The first-order valence-electron chi connectivity index (χ1n) is 9.32. The molecular weight excluding hydrogens is 405 g/mol. The SMILES string of the molecule is Cc1nn(CC(=O)N2CCCN(c3ccc(C(F)(F)F)cn3)CC2)c(C)c1[N+](=O)[O-]. The van der Waals surface area contributed by atoms with Crippen LogP contribution in [-0.4, -0.2) is 56.7 Å². The average Bonchev–Trinajstić information content (AvgIpc) is 2.85. The second-order valence-corrected chi connectivity index (χ2v) is 7.06. The molecule has 0 aromatic carbocycles. The van der Waals surface area contributed by atoms with Crippen LogP contribution in [0.1, 0.15) is 23.4 Å². The van der Waals surface area contributed by atoms with Gasteiger partial charge in [0.25, 0.3) is 0 Å². The highest BCUT2D eigenvalue weighted by atomic mass is 19.4. The fraction of sp³-hybridized carbons (Fsp3) is 0.500. The Morgan fingerprint density at radius 3 is 2.50 bits per heavy atom. The van der Waals surface area contributed by atoms with Crippen LogP contribution in [0.3, 0.4) is 0 Å². The van der Waals surface area contributed by atoms with E-state index in [-0.39, 0.29) is 23.8 Å². The molecule has 12 heteroatoms. The number of pyridine rings is 1. The minimum absolute atomic E-state index is 0.0989. The molecule has 0 bridgehead atoms. The van der Waals surface area contributed by atoms with Crippen molar-refractivity contribution < 1.29 is 22.9 Å². The van der Waals surface area contributed by atoms with Crippen LogP contribution in [0.25, 0.3) is 0 Å². The van der Waals surface area contributed by atoms with Gasteiger partial charge in [0.15, 0.2) is 0 Å². The van der Waals surface area contributed by atoms with Crippen molar-refractivity contribution in [3.63, 3.8) is 0 Å². The van der Waals surface area contributed by atoms with Crippen LogP contribution in [0.2, 0.25) is 0 Å². The molecule has 3 rings (SSSR count). The summed E-state index contributed by atoms with van der Waals surface area (Å²) in [5, 5.41) is 15.2. The van der Waals surface area contributed by atoms with Crippen molar-refractivity contribution >= 4 is 17.4 Å². The molecule has 1 amide bonds. The molecule has 30 heavy (non-hydrogen) atoms. The summed E-state index contributed by atoms with van der Waals surface area (Å²) in [6.07, 6.45) is -3.02. The van der Waals surface area contributed by atoms with Crippen molar-refractivity contribution in [3.8, 4) is 0 Å². The van der Waals surface area contributed by atoms with Gasteiger partial charge in [-0.3, -0.25) is 19.6 Å². The first kappa shape index (κ1) is 21.5. The second-order valence-electron chi connectivity index (χ2n) is 7.06. The Balaban J connectivity index is 1.64. The van der Waals surface area contributed by atoms with Crippen LogP contribution < -0.4 is 4.90 Å². The topological polar surface area (TPSA) is 97.4 Å². The van der Waals surface area contributed by atoms with Gasteiger partial charge in [0.05, 0.1) is 10.5 Å². The van der Waals surface area contributed by atoms with Gasteiger partial charge >= 0.3 is 11.9 Å². The zero-order valence-corrected chi connectivity index (χ0v) is 16.5. The number of hydrogen-bond donors (Lipinski definition) is 0. The lowest BCUT2D eigenvalue weighted by molar-refractivity contribution is -0.386. The fourth-order valence-electron chi connectivity index (χ4n) is 3.47. The summed E-state index contributed by atoms with van der Waals surface area (Å²) < 4.78 is 39.4. The number of aromatic nitrogens is 3. The minimum Gasteiger partial charge on any atom is -0.355 e. The van der Waals surface area contributed by atoms with Crippen molar-refractivity contribution in [1.82, 2.24) is 19.7 Å². The van der Waals surface area contributed by atoms with Gasteiger partial charge in [-0.2, -0.15) is 18.3 Å².